The number of rotatable bonds is 3. The summed E-state index contributed by atoms with van der Waals surface area (Å²) in [5.41, 5.74) is 6.63. The average molecular weight is 263 g/mol. The average Bonchev–Trinajstić information content (AvgIpc) is 3.03. The summed E-state index contributed by atoms with van der Waals surface area (Å²) in [6.45, 7) is 4.75. The fourth-order valence-corrected chi connectivity index (χ4v) is 5.20. The van der Waals surface area contributed by atoms with Crippen LogP contribution in [0.2, 0.25) is 0 Å². The summed E-state index contributed by atoms with van der Waals surface area (Å²) >= 11 is 0. The molecule has 2 aliphatic heterocycles. The lowest BCUT2D eigenvalue weighted by Gasteiger charge is -2.49. The molecule has 2 saturated heterocycles. The molecule has 3 unspecified atom stereocenters. The van der Waals surface area contributed by atoms with E-state index in [4.69, 9.17) is 5.73 Å². The van der Waals surface area contributed by atoms with E-state index >= 15 is 0 Å². The van der Waals surface area contributed by atoms with Gasteiger partial charge in [-0.3, -0.25) is 9.80 Å². The SMILES string of the molecule is NCC1(N2CCCC3CCCC32)CCN(C2CC2)C1. The van der Waals surface area contributed by atoms with Crippen molar-refractivity contribution in [2.75, 3.05) is 26.2 Å². The molecule has 0 aromatic carbocycles. The molecule has 108 valence electrons. The van der Waals surface area contributed by atoms with Gasteiger partial charge in [-0.25, -0.2) is 0 Å². The van der Waals surface area contributed by atoms with Gasteiger partial charge in [-0.1, -0.05) is 6.42 Å². The number of nitrogens with two attached hydrogens (primary N) is 1. The monoisotopic (exact) mass is 263 g/mol. The number of hydrogen-bond donors (Lipinski definition) is 1. The van der Waals surface area contributed by atoms with Crippen LogP contribution in [0.15, 0.2) is 0 Å². The summed E-state index contributed by atoms with van der Waals surface area (Å²) in [4.78, 5) is 5.63. The highest BCUT2D eigenvalue weighted by molar-refractivity contribution is 5.07. The zero-order valence-electron chi connectivity index (χ0n) is 12.2. The van der Waals surface area contributed by atoms with Crippen molar-refractivity contribution in [3.8, 4) is 0 Å². The summed E-state index contributed by atoms with van der Waals surface area (Å²) in [5.74, 6) is 0.993. The Balaban J connectivity index is 1.54. The van der Waals surface area contributed by atoms with Crippen molar-refractivity contribution in [3.05, 3.63) is 0 Å². The molecule has 0 bridgehead atoms. The molecule has 0 amide bonds. The molecule has 2 saturated carbocycles. The highest BCUT2D eigenvalue weighted by Gasteiger charge is 2.50. The lowest BCUT2D eigenvalue weighted by Crippen LogP contribution is -2.61. The van der Waals surface area contributed by atoms with E-state index in [1.807, 2.05) is 0 Å². The Labute approximate surface area is 117 Å². The van der Waals surface area contributed by atoms with Gasteiger partial charge in [0, 0.05) is 37.3 Å². The van der Waals surface area contributed by atoms with Crippen molar-refractivity contribution in [1.29, 1.82) is 0 Å². The normalized spacial score (nSPS) is 44.7. The predicted octanol–water partition coefficient (Wildman–Crippen LogP) is 1.82. The van der Waals surface area contributed by atoms with Gasteiger partial charge in [0.25, 0.3) is 0 Å². The lowest BCUT2D eigenvalue weighted by molar-refractivity contribution is 0.00808. The molecule has 0 spiro atoms. The van der Waals surface area contributed by atoms with Crippen LogP contribution < -0.4 is 5.73 Å². The standard InChI is InChI=1S/C16H29N3/c17-11-16(8-10-18(12-16)14-6-7-14)19-9-2-4-13-3-1-5-15(13)19/h13-15H,1-12,17H2. The summed E-state index contributed by atoms with van der Waals surface area (Å²) < 4.78 is 0. The topological polar surface area (TPSA) is 32.5 Å². The van der Waals surface area contributed by atoms with Crippen LogP contribution in [0, 0.1) is 5.92 Å². The van der Waals surface area contributed by atoms with Crippen molar-refractivity contribution in [1.82, 2.24) is 9.80 Å². The van der Waals surface area contributed by atoms with E-state index in [1.54, 1.807) is 0 Å². The van der Waals surface area contributed by atoms with Gasteiger partial charge in [0.15, 0.2) is 0 Å². The minimum atomic E-state index is 0.330. The van der Waals surface area contributed by atoms with Crippen LogP contribution in [0.25, 0.3) is 0 Å². The largest absolute Gasteiger partial charge is 0.329 e. The molecule has 4 aliphatic rings. The summed E-state index contributed by atoms with van der Waals surface area (Å²) in [6, 6.07) is 1.79. The van der Waals surface area contributed by atoms with Crippen LogP contribution in [0.3, 0.4) is 0 Å². The van der Waals surface area contributed by atoms with E-state index in [1.165, 1.54) is 71.0 Å². The van der Waals surface area contributed by atoms with Gasteiger partial charge in [-0.2, -0.15) is 0 Å². The van der Waals surface area contributed by atoms with Gasteiger partial charge < -0.3 is 5.73 Å². The molecule has 2 N–H and O–H groups in total. The van der Waals surface area contributed by atoms with Crippen molar-refractivity contribution in [3.63, 3.8) is 0 Å². The number of fused-ring (bicyclic) bond motifs is 1. The van der Waals surface area contributed by atoms with Crippen LogP contribution >= 0.6 is 0 Å². The second-order valence-corrected chi connectivity index (χ2v) is 7.47. The van der Waals surface area contributed by atoms with Gasteiger partial charge in [-0.05, 0) is 57.4 Å². The maximum Gasteiger partial charge on any atom is 0.0473 e. The molecular formula is C16H29N3. The molecule has 0 aromatic rings. The number of likely N-dealkylation sites (tertiary alicyclic amines) is 2. The molecular weight excluding hydrogens is 234 g/mol. The highest BCUT2D eigenvalue weighted by atomic mass is 15.3. The molecule has 19 heavy (non-hydrogen) atoms. The van der Waals surface area contributed by atoms with Crippen LogP contribution in [-0.2, 0) is 0 Å². The fourth-order valence-electron chi connectivity index (χ4n) is 5.20. The third kappa shape index (κ3) is 2.05. The first-order valence-electron chi connectivity index (χ1n) is 8.53. The van der Waals surface area contributed by atoms with E-state index < -0.39 is 0 Å². The van der Waals surface area contributed by atoms with Gasteiger partial charge >= 0.3 is 0 Å². The van der Waals surface area contributed by atoms with Crippen molar-refractivity contribution in [2.24, 2.45) is 11.7 Å². The highest BCUT2D eigenvalue weighted by Crippen LogP contribution is 2.43. The maximum absolute atomic E-state index is 6.30. The molecule has 3 nitrogen and oxygen atoms in total. The Hall–Kier alpha value is -0.120. The Morgan fingerprint density at radius 3 is 2.63 bits per heavy atom. The fraction of sp³-hybridized carbons (Fsp3) is 1.00. The van der Waals surface area contributed by atoms with Crippen molar-refractivity contribution in [2.45, 2.75) is 69.0 Å². The molecule has 4 fully saturated rings. The number of hydrogen-bond acceptors (Lipinski definition) is 3. The second kappa shape index (κ2) is 4.71. The molecule has 0 aromatic heterocycles. The third-order valence-electron chi connectivity index (χ3n) is 6.41. The van der Waals surface area contributed by atoms with E-state index in [0.717, 1.165) is 24.5 Å². The molecule has 4 rings (SSSR count). The Bertz CT molecular complexity index is 341. The van der Waals surface area contributed by atoms with Crippen LogP contribution in [0.1, 0.15) is 51.4 Å². The van der Waals surface area contributed by atoms with Crippen LogP contribution in [-0.4, -0.2) is 53.6 Å². The van der Waals surface area contributed by atoms with E-state index in [-0.39, 0.29) is 0 Å². The first kappa shape index (κ1) is 12.6. The molecule has 0 radical (unpaired) electrons. The Morgan fingerprint density at radius 1 is 1.00 bits per heavy atom. The molecule has 2 heterocycles. The molecule has 3 atom stereocenters. The third-order valence-corrected chi connectivity index (χ3v) is 6.41. The number of nitrogens with zero attached hydrogens (tertiary/aromatic N) is 2. The zero-order valence-corrected chi connectivity index (χ0v) is 12.2. The Morgan fingerprint density at radius 2 is 1.84 bits per heavy atom. The van der Waals surface area contributed by atoms with E-state index in [0.29, 0.717) is 5.54 Å². The molecule has 3 heteroatoms. The predicted molar refractivity (Wildman–Crippen MR) is 78.1 cm³/mol. The summed E-state index contributed by atoms with van der Waals surface area (Å²) in [7, 11) is 0. The first-order chi connectivity index (χ1) is 9.32. The van der Waals surface area contributed by atoms with Gasteiger partial charge in [-0.15, -0.1) is 0 Å². The minimum Gasteiger partial charge on any atom is -0.329 e. The maximum atomic E-state index is 6.30. The van der Waals surface area contributed by atoms with Crippen LogP contribution in [0.4, 0.5) is 0 Å². The first-order valence-corrected chi connectivity index (χ1v) is 8.53. The van der Waals surface area contributed by atoms with Gasteiger partial charge in [0.2, 0.25) is 0 Å². The van der Waals surface area contributed by atoms with E-state index in [9.17, 15) is 0 Å². The Kier molecular flexibility index (Phi) is 3.13. The quantitative estimate of drug-likeness (QED) is 0.843. The molecule has 2 aliphatic carbocycles. The van der Waals surface area contributed by atoms with Crippen molar-refractivity contribution >= 4 is 0 Å². The zero-order chi connectivity index (χ0) is 12.9. The van der Waals surface area contributed by atoms with Gasteiger partial charge in [0.05, 0.1) is 0 Å². The van der Waals surface area contributed by atoms with Crippen molar-refractivity contribution < 1.29 is 0 Å². The van der Waals surface area contributed by atoms with Crippen LogP contribution in [0.5, 0.6) is 0 Å². The second-order valence-electron chi connectivity index (χ2n) is 7.47. The number of piperidine rings is 1. The van der Waals surface area contributed by atoms with E-state index in [2.05, 4.69) is 9.80 Å². The smallest absolute Gasteiger partial charge is 0.0473 e. The summed E-state index contributed by atoms with van der Waals surface area (Å²) in [6.07, 6.45) is 11.5. The lowest BCUT2D eigenvalue weighted by atomic mass is 9.85. The van der Waals surface area contributed by atoms with Gasteiger partial charge in [0.1, 0.15) is 0 Å². The summed E-state index contributed by atoms with van der Waals surface area (Å²) in [5, 5.41) is 0. The minimum absolute atomic E-state index is 0.330.